The second kappa shape index (κ2) is 5.97. The van der Waals surface area contributed by atoms with E-state index in [0.717, 1.165) is 43.0 Å². The average molecular weight is 290 g/mol. The SMILES string of the molecule is CCOCc1nnc2n1CCN(C(=O)C1=CCCC1)[C@@H]2C. The molecule has 1 aromatic heterocycles. The third-order valence-electron chi connectivity index (χ3n) is 4.27. The van der Waals surface area contributed by atoms with Crippen LogP contribution >= 0.6 is 0 Å². The summed E-state index contributed by atoms with van der Waals surface area (Å²) in [5, 5.41) is 8.48. The van der Waals surface area contributed by atoms with Crippen LogP contribution in [0.25, 0.3) is 0 Å². The van der Waals surface area contributed by atoms with E-state index in [4.69, 9.17) is 4.74 Å². The van der Waals surface area contributed by atoms with Gasteiger partial charge in [-0.15, -0.1) is 10.2 Å². The van der Waals surface area contributed by atoms with Gasteiger partial charge in [0.25, 0.3) is 0 Å². The van der Waals surface area contributed by atoms with Crippen LogP contribution in [-0.4, -0.2) is 38.7 Å². The molecule has 0 N–H and O–H groups in total. The number of amides is 1. The minimum Gasteiger partial charge on any atom is -0.374 e. The van der Waals surface area contributed by atoms with Gasteiger partial charge in [-0.3, -0.25) is 4.79 Å². The maximum atomic E-state index is 12.6. The first-order chi connectivity index (χ1) is 10.2. The van der Waals surface area contributed by atoms with Crippen molar-refractivity contribution in [1.29, 1.82) is 0 Å². The lowest BCUT2D eigenvalue weighted by Crippen LogP contribution is -2.42. The van der Waals surface area contributed by atoms with Crippen molar-refractivity contribution in [3.63, 3.8) is 0 Å². The summed E-state index contributed by atoms with van der Waals surface area (Å²) in [6.07, 6.45) is 5.11. The van der Waals surface area contributed by atoms with Gasteiger partial charge in [-0.2, -0.15) is 0 Å². The van der Waals surface area contributed by atoms with E-state index in [1.165, 1.54) is 0 Å². The van der Waals surface area contributed by atoms with E-state index in [1.54, 1.807) is 0 Å². The number of nitrogens with zero attached hydrogens (tertiary/aromatic N) is 4. The third kappa shape index (κ3) is 2.60. The second-order valence-corrected chi connectivity index (χ2v) is 5.56. The molecule has 0 spiro atoms. The predicted octanol–water partition coefficient (Wildman–Crippen LogP) is 1.83. The van der Waals surface area contributed by atoms with Gasteiger partial charge in [0.1, 0.15) is 6.61 Å². The molecule has 6 heteroatoms. The van der Waals surface area contributed by atoms with Crippen LogP contribution in [0.4, 0.5) is 0 Å². The Kier molecular flexibility index (Phi) is 4.05. The summed E-state index contributed by atoms with van der Waals surface area (Å²) < 4.78 is 7.51. The van der Waals surface area contributed by atoms with E-state index in [9.17, 15) is 4.79 Å². The first-order valence-electron chi connectivity index (χ1n) is 7.72. The van der Waals surface area contributed by atoms with E-state index in [-0.39, 0.29) is 11.9 Å². The molecule has 1 atom stereocenters. The maximum absolute atomic E-state index is 12.6. The van der Waals surface area contributed by atoms with Crippen molar-refractivity contribution in [1.82, 2.24) is 19.7 Å². The minimum absolute atomic E-state index is 0.0318. The minimum atomic E-state index is -0.0318. The van der Waals surface area contributed by atoms with Gasteiger partial charge in [-0.25, -0.2) is 0 Å². The van der Waals surface area contributed by atoms with Gasteiger partial charge >= 0.3 is 0 Å². The lowest BCUT2D eigenvalue weighted by molar-refractivity contribution is -0.130. The summed E-state index contributed by atoms with van der Waals surface area (Å²) in [6.45, 7) is 6.59. The summed E-state index contributed by atoms with van der Waals surface area (Å²) in [5.74, 6) is 1.88. The fourth-order valence-corrected chi connectivity index (χ4v) is 3.07. The number of carbonyl (C=O) groups is 1. The Morgan fingerprint density at radius 2 is 2.29 bits per heavy atom. The molecule has 0 unspecified atom stereocenters. The fraction of sp³-hybridized carbons (Fsp3) is 0.667. The van der Waals surface area contributed by atoms with Gasteiger partial charge in [-0.05, 0) is 33.1 Å². The first-order valence-corrected chi connectivity index (χ1v) is 7.72. The lowest BCUT2D eigenvalue weighted by atomic mass is 10.1. The molecule has 1 aromatic rings. The molecule has 3 rings (SSSR count). The van der Waals surface area contributed by atoms with Crippen molar-refractivity contribution >= 4 is 5.91 Å². The van der Waals surface area contributed by atoms with Crippen molar-refractivity contribution < 1.29 is 9.53 Å². The van der Waals surface area contributed by atoms with Gasteiger partial charge in [0.2, 0.25) is 5.91 Å². The molecule has 2 heterocycles. The Bertz CT molecular complexity index is 564. The Morgan fingerprint density at radius 3 is 3.00 bits per heavy atom. The highest BCUT2D eigenvalue weighted by atomic mass is 16.5. The molecule has 0 radical (unpaired) electrons. The van der Waals surface area contributed by atoms with Crippen LogP contribution in [0, 0.1) is 0 Å². The molecule has 1 aliphatic heterocycles. The van der Waals surface area contributed by atoms with E-state index in [2.05, 4.69) is 20.8 Å². The van der Waals surface area contributed by atoms with Crippen LogP contribution in [0.5, 0.6) is 0 Å². The van der Waals surface area contributed by atoms with Crippen molar-refractivity contribution in [3.05, 3.63) is 23.3 Å². The Labute approximate surface area is 124 Å². The largest absolute Gasteiger partial charge is 0.374 e. The fourth-order valence-electron chi connectivity index (χ4n) is 3.07. The van der Waals surface area contributed by atoms with Crippen LogP contribution in [0.2, 0.25) is 0 Å². The molecule has 0 fully saturated rings. The second-order valence-electron chi connectivity index (χ2n) is 5.56. The molecule has 0 saturated carbocycles. The van der Waals surface area contributed by atoms with E-state index >= 15 is 0 Å². The topological polar surface area (TPSA) is 60.3 Å². The van der Waals surface area contributed by atoms with Crippen LogP contribution in [0.15, 0.2) is 11.6 Å². The van der Waals surface area contributed by atoms with Crippen LogP contribution < -0.4 is 0 Å². The Hall–Kier alpha value is -1.69. The molecule has 0 aromatic carbocycles. The smallest absolute Gasteiger partial charge is 0.250 e. The average Bonchev–Trinajstić information content (AvgIpc) is 3.15. The number of carbonyl (C=O) groups excluding carboxylic acids is 1. The normalized spacial score (nSPS) is 21.3. The highest BCUT2D eigenvalue weighted by Crippen LogP contribution is 2.28. The van der Waals surface area contributed by atoms with Crippen molar-refractivity contribution in [2.45, 2.75) is 52.3 Å². The maximum Gasteiger partial charge on any atom is 0.250 e. The highest BCUT2D eigenvalue weighted by Gasteiger charge is 2.32. The molecule has 6 nitrogen and oxygen atoms in total. The zero-order valence-electron chi connectivity index (χ0n) is 12.7. The number of hydrogen-bond donors (Lipinski definition) is 0. The van der Waals surface area contributed by atoms with Gasteiger partial charge in [0.15, 0.2) is 11.6 Å². The van der Waals surface area contributed by atoms with E-state index < -0.39 is 0 Å². The van der Waals surface area contributed by atoms with Crippen LogP contribution in [0.1, 0.15) is 50.8 Å². The van der Waals surface area contributed by atoms with E-state index in [1.807, 2.05) is 18.7 Å². The highest BCUT2D eigenvalue weighted by molar-refractivity contribution is 5.94. The van der Waals surface area contributed by atoms with Crippen molar-refractivity contribution in [2.24, 2.45) is 0 Å². The molecule has 1 amide bonds. The monoisotopic (exact) mass is 290 g/mol. The third-order valence-corrected chi connectivity index (χ3v) is 4.27. The Morgan fingerprint density at radius 1 is 1.43 bits per heavy atom. The molecule has 21 heavy (non-hydrogen) atoms. The zero-order chi connectivity index (χ0) is 14.8. The number of ether oxygens (including phenoxy) is 1. The number of fused-ring (bicyclic) bond motifs is 1. The zero-order valence-corrected chi connectivity index (χ0v) is 12.7. The van der Waals surface area contributed by atoms with Crippen LogP contribution in [-0.2, 0) is 22.7 Å². The molecule has 2 aliphatic rings. The van der Waals surface area contributed by atoms with Gasteiger partial charge in [-0.1, -0.05) is 6.08 Å². The molecular weight excluding hydrogens is 268 g/mol. The number of rotatable bonds is 4. The summed E-state index contributed by atoms with van der Waals surface area (Å²) in [5.41, 5.74) is 0.962. The molecular formula is C15H22N4O2. The molecule has 1 aliphatic carbocycles. The molecule has 114 valence electrons. The standard InChI is InChI=1S/C15H22N4O2/c1-3-21-10-13-16-17-14-11(2)18(8-9-19(13)14)15(20)12-6-4-5-7-12/h6,11H,3-5,7-10H2,1-2H3/t11-/m1/s1. The number of aromatic nitrogens is 3. The van der Waals surface area contributed by atoms with E-state index in [0.29, 0.717) is 19.8 Å². The quantitative estimate of drug-likeness (QED) is 0.849. The molecule has 0 saturated heterocycles. The van der Waals surface area contributed by atoms with Gasteiger partial charge < -0.3 is 14.2 Å². The number of hydrogen-bond acceptors (Lipinski definition) is 4. The van der Waals surface area contributed by atoms with Gasteiger partial charge in [0.05, 0.1) is 6.04 Å². The first kappa shape index (κ1) is 14.3. The Balaban J connectivity index is 1.77. The predicted molar refractivity (Wildman–Crippen MR) is 77.4 cm³/mol. The summed E-state index contributed by atoms with van der Waals surface area (Å²) in [7, 11) is 0. The molecule has 0 bridgehead atoms. The van der Waals surface area contributed by atoms with Crippen molar-refractivity contribution in [3.8, 4) is 0 Å². The summed E-state index contributed by atoms with van der Waals surface area (Å²) >= 11 is 0. The van der Waals surface area contributed by atoms with Gasteiger partial charge in [0, 0.05) is 25.3 Å². The summed E-state index contributed by atoms with van der Waals surface area (Å²) in [6, 6.07) is -0.0318. The lowest BCUT2D eigenvalue weighted by Gasteiger charge is -2.34. The summed E-state index contributed by atoms with van der Waals surface area (Å²) in [4.78, 5) is 14.5. The van der Waals surface area contributed by atoms with Crippen LogP contribution in [0.3, 0.4) is 0 Å². The van der Waals surface area contributed by atoms with Crippen molar-refractivity contribution in [2.75, 3.05) is 13.2 Å². The number of allylic oxidation sites excluding steroid dienone is 1.